The number of anilines is 1. The molecule has 2 aromatic carbocycles. The van der Waals surface area contributed by atoms with Crippen molar-refractivity contribution in [3.63, 3.8) is 0 Å². The van der Waals surface area contributed by atoms with Crippen LogP contribution in [-0.4, -0.2) is 28.4 Å². The number of aromatic nitrogens is 2. The monoisotopic (exact) mass is 378 g/mol. The van der Waals surface area contributed by atoms with Gasteiger partial charge in [-0.2, -0.15) is 0 Å². The maximum absolute atomic E-state index is 12.0. The maximum Gasteiger partial charge on any atom is 0.321 e. The second kappa shape index (κ2) is 9.13. The number of hydrogen-bond donors (Lipinski definition) is 2. The fourth-order valence-electron chi connectivity index (χ4n) is 2.30. The van der Waals surface area contributed by atoms with Crippen LogP contribution in [0.2, 0.25) is 0 Å². The molecule has 0 bridgehead atoms. The molecule has 8 nitrogen and oxygen atoms in total. The number of hydrogen-bond acceptors (Lipinski definition) is 6. The van der Waals surface area contributed by atoms with Gasteiger partial charge in [0.15, 0.2) is 6.61 Å². The van der Waals surface area contributed by atoms with Gasteiger partial charge in [-0.1, -0.05) is 12.1 Å². The lowest BCUT2D eigenvalue weighted by Crippen LogP contribution is -2.20. The number of carbonyl (C=O) groups excluding carboxylic acids is 2. The zero-order valence-electron chi connectivity index (χ0n) is 14.9. The number of amides is 2. The molecule has 0 spiro atoms. The minimum atomic E-state index is -0.402. The molecule has 0 saturated heterocycles. The first-order valence-electron chi connectivity index (χ1n) is 8.43. The average Bonchev–Trinajstić information content (AvgIpc) is 2.69. The summed E-state index contributed by atoms with van der Waals surface area (Å²) in [6, 6.07) is 15.6. The van der Waals surface area contributed by atoms with Crippen molar-refractivity contribution in [3.05, 3.63) is 72.6 Å². The van der Waals surface area contributed by atoms with Crippen LogP contribution < -0.4 is 20.5 Å². The van der Waals surface area contributed by atoms with Crippen LogP contribution >= 0.6 is 0 Å². The second-order valence-corrected chi connectivity index (χ2v) is 5.78. The molecule has 0 unspecified atom stereocenters. The smallest absolute Gasteiger partial charge is 0.321 e. The van der Waals surface area contributed by atoms with E-state index in [-0.39, 0.29) is 24.9 Å². The van der Waals surface area contributed by atoms with E-state index >= 15 is 0 Å². The lowest BCUT2D eigenvalue weighted by Gasteiger charge is -2.09. The molecule has 0 aliphatic rings. The third kappa shape index (κ3) is 5.80. The van der Waals surface area contributed by atoms with Gasteiger partial charge in [0.25, 0.3) is 5.91 Å². The van der Waals surface area contributed by atoms with Crippen LogP contribution in [0, 0.1) is 0 Å². The van der Waals surface area contributed by atoms with Crippen LogP contribution in [0.3, 0.4) is 0 Å². The minimum Gasteiger partial charge on any atom is -0.484 e. The molecule has 142 valence electrons. The van der Waals surface area contributed by atoms with Gasteiger partial charge in [0.05, 0.1) is 6.42 Å². The Morgan fingerprint density at radius 2 is 1.57 bits per heavy atom. The summed E-state index contributed by atoms with van der Waals surface area (Å²) in [4.78, 5) is 30.9. The molecule has 2 amide bonds. The van der Waals surface area contributed by atoms with Crippen molar-refractivity contribution in [3.8, 4) is 17.5 Å². The lowest BCUT2D eigenvalue weighted by atomic mass is 10.1. The highest BCUT2D eigenvalue weighted by atomic mass is 16.5. The lowest BCUT2D eigenvalue weighted by molar-refractivity contribution is -0.118. The van der Waals surface area contributed by atoms with Crippen molar-refractivity contribution in [2.24, 2.45) is 5.73 Å². The van der Waals surface area contributed by atoms with Crippen LogP contribution in [0.4, 0.5) is 5.69 Å². The Morgan fingerprint density at radius 1 is 0.929 bits per heavy atom. The summed E-state index contributed by atoms with van der Waals surface area (Å²) in [5.41, 5.74) is 6.53. The summed E-state index contributed by atoms with van der Waals surface area (Å²) in [6.45, 7) is -0.148. The molecule has 3 rings (SSSR count). The summed E-state index contributed by atoms with van der Waals surface area (Å²) >= 11 is 0. The first-order valence-corrected chi connectivity index (χ1v) is 8.43. The molecule has 1 aromatic heterocycles. The highest BCUT2D eigenvalue weighted by molar-refractivity contribution is 5.91. The third-order valence-corrected chi connectivity index (χ3v) is 3.56. The molecule has 8 heteroatoms. The fraction of sp³-hybridized carbons (Fsp3) is 0.100. The summed E-state index contributed by atoms with van der Waals surface area (Å²) < 4.78 is 10.9. The topological polar surface area (TPSA) is 116 Å². The normalized spacial score (nSPS) is 10.1. The Kier molecular flexibility index (Phi) is 6.14. The Hall–Kier alpha value is -3.94. The molecule has 0 atom stereocenters. The number of benzene rings is 2. The van der Waals surface area contributed by atoms with Crippen LogP contribution in [0.15, 0.2) is 67.0 Å². The molecule has 1 heterocycles. The fourth-order valence-corrected chi connectivity index (χ4v) is 2.30. The predicted octanol–water partition coefficient (Wildman–Crippen LogP) is 2.31. The quantitative estimate of drug-likeness (QED) is 0.621. The zero-order valence-corrected chi connectivity index (χ0v) is 14.9. The summed E-state index contributed by atoms with van der Waals surface area (Å²) in [5, 5.41) is 2.73. The number of ether oxygens (including phenoxy) is 2. The standard InChI is InChI=1S/C20H18N4O4/c21-18(25)12-14-2-6-16(7-3-14)27-13-19(26)24-15-4-8-17(9-5-15)28-20-22-10-1-11-23-20/h1-11H,12-13H2,(H2,21,25)(H,24,26). The van der Waals surface area contributed by atoms with Gasteiger partial charge in [-0.15, -0.1) is 0 Å². The number of primary amides is 1. The highest BCUT2D eigenvalue weighted by Crippen LogP contribution is 2.20. The molecule has 3 N–H and O–H groups in total. The van der Waals surface area contributed by atoms with Crippen LogP contribution in [0.25, 0.3) is 0 Å². The summed E-state index contributed by atoms with van der Waals surface area (Å²) in [5.74, 6) is 0.369. The minimum absolute atomic E-state index is 0.148. The van der Waals surface area contributed by atoms with Crippen molar-refractivity contribution < 1.29 is 19.1 Å². The molecule has 3 aromatic rings. The molecule has 0 aliphatic heterocycles. The van der Waals surface area contributed by atoms with Gasteiger partial charge in [0, 0.05) is 18.1 Å². The summed E-state index contributed by atoms with van der Waals surface area (Å²) in [7, 11) is 0. The van der Waals surface area contributed by atoms with Crippen molar-refractivity contribution >= 4 is 17.5 Å². The largest absolute Gasteiger partial charge is 0.484 e. The zero-order chi connectivity index (χ0) is 19.8. The highest BCUT2D eigenvalue weighted by Gasteiger charge is 2.06. The van der Waals surface area contributed by atoms with E-state index in [2.05, 4.69) is 15.3 Å². The number of nitrogens with two attached hydrogens (primary N) is 1. The Balaban J connectivity index is 1.47. The van der Waals surface area contributed by atoms with E-state index in [0.29, 0.717) is 17.2 Å². The van der Waals surface area contributed by atoms with E-state index in [4.69, 9.17) is 15.2 Å². The van der Waals surface area contributed by atoms with Gasteiger partial charge in [-0.3, -0.25) is 9.59 Å². The van der Waals surface area contributed by atoms with E-state index in [1.807, 2.05) is 0 Å². The van der Waals surface area contributed by atoms with E-state index in [0.717, 1.165) is 5.56 Å². The van der Waals surface area contributed by atoms with Gasteiger partial charge in [-0.25, -0.2) is 9.97 Å². The Labute approximate surface area is 161 Å². The first kappa shape index (κ1) is 18.8. The van der Waals surface area contributed by atoms with E-state index < -0.39 is 5.91 Å². The van der Waals surface area contributed by atoms with E-state index in [1.54, 1.807) is 67.0 Å². The van der Waals surface area contributed by atoms with Crippen molar-refractivity contribution in [1.82, 2.24) is 9.97 Å². The molecular formula is C20H18N4O4. The van der Waals surface area contributed by atoms with Crippen molar-refractivity contribution in [2.45, 2.75) is 6.42 Å². The molecule has 0 aliphatic carbocycles. The predicted molar refractivity (Wildman–Crippen MR) is 102 cm³/mol. The first-order chi connectivity index (χ1) is 13.6. The van der Waals surface area contributed by atoms with E-state index in [1.165, 1.54) is 0 Å². The number of nitrogens with one attached hydrogen (secondary N) is 1. The number of nitrogens with zero attached hydrogens (tertiary/aromatic N) is 2. The van der Waals surface area contributed by atoms with Gasteiger partial charge >= 0.3 is 6.01 Å². The molecular weight excluding hydrogens is 360 g/mol. The van der Waals surface area contributed by atoms with Crippen LogP contribution in [0.5, 0.6) is 17.5 Å². The average molecular weight is 378 g/mol. The van der Waals surface area contributed by atoms with Crippen molar-refractivity contribution in [1.29, 1.82) is 0 Å². The van der Waals surface area contributed by atoms with E-state index in [9.17, 15) is 9.59 Å². The van der Waals surface area contributed by atoms with Crippen LogP contribution in [0.1, 0.15) is 5.56 Å². The van der Waals surface area contributed by atoms with Gasteiger partial charge in [0.2, 0.25) is 5.91 Å². The third-order valence-electron chi connectivity index (χ3n) is 3.56. The Bertz CT molecular complexity index is 929. The maximum atomic E-state index is 12.0. The summed E-state index contributed by atoms with van der Waals surface area (Å²) in [6.07, 6.45) is 3.33. The van der Waals surface area contributed by atoms with Crippen LogP contribution in [-0.2, 0) is 16.0 Å². The van der Waals surface area contributed by atoms with Crippen molar-refractivity contribution in [2.75, 3.05) is 11.9 Å². The number of carbonyl (C=O) groups is 2. The van der Waals surface area contributed by atoms with Gasteiger partial charge in [0.1, 0.15) is 11.5 Å². The SMILES string of the molecule is NC(=O)Cc1ccc(OCC(=O)Nc2ccc(Oc3ncccn3)cc2)cc1. The molecule has 28 heavy (non-hydrogen) atoms. The van der Waals surface area contributed by atoms with Gasteiger partial charge in [-0.05, 0) is 48.0 Å². The second-order valence-electron chi connectivity index (χ2n) is 5.78. The molecule has 0 saturated carbocycles. The molecule has 0 radical (unpaired) electrons. The molecule has 0 fully saturated rings. The van der Waals surface area contributed by atoms with Gasteiger partial charge < -0.3 is 20.5 Å². The Morgan fingerprint density at radius 3 is 2.21 bits per heavy atom. The number of rotatable bonds is 8.